The minimum absolute atomic E-state index is 0.0309. The van der Waals surface area contributed by atoms with Gasteiger partial charge in [-0.1, -0.05) is 20.8 Å². The van der Waals surface area contributed by atoms with Crippen molar-refractivity contribution in [1.82, 2.24) is 9.29 Å². The van der Waals surface area contributed by atoms with Crippen molar-refractivity contribution in [1.29, 1.82) is 0 Å². The molecule has 2 aromatic carbocycles. The molecule has 0 radical (unpaired) electrons. The van der Waals surface area contributed by atoms with Crippen molar-refractivity contribution in [2.75, 3.05) is 29.7 Å². The van der Waals surface area contributed by atoms with Crippen molar-refractivity contribution < 1.29 is 21.2 Å². The Morgan fingerprint density at radius 3 is 2.36 bits per heavy atom. The van der Waals surface area contributed by atoms with Gasteiger partial charge in [0.25, 0.3) is 10.0 Å². The number of rotatable bonds is 10. The summed E-state index contributed by atoms with van der Waals surface area (Å²) in [6, 6.07) is 9.48. The number of hydrogen-bond acceptors (Lipinski definition) is 6. The molecule has 0 atom stereocenters. The van der Waals surface area contributed by atoms with Gasteiger partial charge < -0.3 is 5.32 Å². The first kappa shape index (κ1) is 24.9. The molecular weight excluding hydrogens is 467 g/mol. The number of anilines is 2. The highest BCUT2D eigenvalue weighted by molar-refractivity contribution is 7.93. The van der Waals surface area contributed by atoms with Crippen LogP contribution in [0.15, 0.2) is 58.5 Å². The minimum Gasteiger partial charge on any atom is -0.383 e. The predicted molar refractivity (Wildman–Crippen MR) is 128 cm³/mol. The molecule has 0 saturated carbocycles. The summed E-state index contributed by atoms with van der Waals surface area (Å²) in [5.41, 5.74) is 0.448. The normalized spacial score (nSPS) is 12.3. The van der Waals surface area contributed by atoms with Crippen molar-refractivity contribution in [3.63, 3.8) is 0 Å². The molecule has 8 nitrogen and oxygen atoms in total. The van der Waals surface area contributed by atoms with Crippen LogP contribution in [0.25, 0.3) is 10.9 Å². The van der Waals surface area contributed by atoms with Gasteiger partial charge in [0.2, 0.25) is 10.0 Å². The van der Waals surface area contributed by atoms with Crippen molar-refractivity contribution in [2.45, 2.75) is 37.0 Å². The standard InChI is InChI=1S/C22H27FN4O4S2/c1-4-13-24-19-11-9-16(33(30,31)27(5-2)6-3)15-20(19)26-32(28,29)21-12-10-18(23)22-17(21)8-7-14-25-22/h7-12,14-15,24,26H,4-6,13H2,1-3H3. The molecule has 33 heavy (non-hydrogen) atoms. The topological polar surface area (TPSA) is 108 Å². The second kappa shape index (κ2) is 10.0. The van der Waals surface area contributed by atoms with E-state index in [0.29, 0.717) is 12.2 Å². The molecule has 0 saturated heterocycles. The molecule has 2 N–H and O–H groups in total. The second-order valence-electron chi connectivity index (χ2n) is 7.27. The van der Waals surface area contributed by atoms with Crippen LogP contribution >= 0.6 is 0 Å². The summed E-state index contributed by atoms with van der Waals surface area (Å²) in [6.07, 6.45) is 2.16. The Labute approximate surface area is 193 Å². The number of benzene rings is 2. The van der Waals surface area contributed by atoms with E-state index < -0.39 is 25.9 Å². The summed E-state index contributed by atoms with van der Waals surface area (Å²) >= 11 is 0. The molecule has 11 heteroatoms. The molecule has 0 aliphatic rings. The van der Waals surface area contributed by atoms with Crippen LogP contribution in [0.2, 0.25) is 0 Å². The molecule has 1 heterocycles. The fourth-order valence-electron chi connectivity index (χ4n) is 3.44. The Kier molecular flexibility index (Phi) is 7.55. The Morgan fingerprint density at radius 2 is 1.70 bits per heavy atom. The van der Waals surface area contributed by atoms with Gasteiger partial charge in [0.1, 0.15) is 11.3 Å². The van der Waals surface area contributed by atoms with Crippen LogP contribution in [0, 0.1) is 5.82 Å². The van der Waals surface area contributed by atoms with E-state index in [-0.39, 0.29) is 39.5 Å². The fraction of sp³-hybridized carbons (Fsp3) is 0.318. The Hall–Kier alpha value is -2.76. The van der Waals surface area contributed by atoms with Gasteiger partial charge in [-0.2, -0.15) is 4.31 Å². The van der Waals surface area contributed by atoms with Crippen LogP contribution in [0.3, 0.4) is 0 Å². The zero-order valence-electron chi connectivity index (χ0n) is 18.7. The van der Waals surface area contributed by atoms with Gasteiger partial charge in [-0.25, -0.2) is 21.2 Å². The van der Waals surface area contributed by atoms with E-state index in [1.54, 1.807) is 13.8 Å². The second-order valence-corrected chi connectivity index (χ2v) is 10.9. The van der Waals surface area contributed by atoms with Crippen LogP contribution in [0.5, 0.6) is 0 Å². The van der Waals surface area contributed by atoms with Gasteiger partial charge >= 0.3 is 0 Å². The third-order valence-corrected chi connectivity index (χ3v) is 8.58. The van der Waals surface area contributed by atoms with E-state index in [2.05, 4.69) is 15.0 Å². The van der Waals surface area contributed by atoms with E-state index in [0.717, 1.165) is 18.6 Å². The van der Waals surface area contributed by atoms with Crippen molar-refractivity contribution in [2.24, 2.45) is 0 Å². The average Bonchev–Trinajstić information content (AvgIpc) is 2.78. The smallest absolute Gasteiger partial charge is 0.262 e. The molecule has 178 valence electrons. The molecule has 0 fully saturated rings. The number of aromatic nitrogens is 1. The monoisotopic (exact) mass is 494 g/mol. The Balaban J connectivity index is 2.12. The number of hydrogen-bond donors (Lipinski definition) is 2. The first-order chi connectivity index (χ1) is 15.7. The van der Waals surface area contributed by atoms with Gasteiger partial charge in [-0.15, -0.1) is 0 Å². The SMILES string of the molecule is CCCNc1ccc(S(=O)(=O)N(CC)CC)cc1NS(=O)(=O)c1ccc(F)c2ncccc12. The quantitative estimate of drug-likeness (QED) is 0.441. The zero-order chi connectivity index (χ0) is 24.2. The van der Waals surface area contributed by atoms with Gasteiger partial charge in [-0.05, 0) is 48.9 Å². The van der Waals surface area contributed by atoms with E-state index in [9.17, 15) is 21.2 Å². The molecular formula is C22H27FN4O4S2. The lowest BCUT2D eigenvalue weighted by Crippen LogP contribution is -2.30. The molecule has 0 aliphatic heterocycles. The third-order valence-electron chi connectivity index (χ3n) is 5.11. The highest BCUT2D eigenvalue weighted by atomic mass is 32.2. The zero-order valence-corrected chi connectivity index (χ0v) is 20.3. The van der Waals surface area contributed by atoms with Crippen LogP contribution < -0.4 is 10.0 Å². The molecule has 0 unspecified atom stereocenters. The van der Waals surface area contributed by atoms with Gasteiger partial charge in [-0.3, -0.25) is 9.71 Å². The summed E-state index contributed by atoms with van der Waals surface area (Å²) in [5, 5.41) is 3.24. The maximum absolute atomic E-state index is 14.2. The lowest BCUT2D eigenvalue weighted by Gasteiger charge is -2.20. The molecule has 0 amide bonds. The summed E-state index contributed by atoms with van der Waals surface area (Å²) in [7, 11) is -8.01. The van der Waals surface area contributed by atoms with E-state index >= 15 is 0 Å². The fourth-order valence-corrected chi connectivity index (χ4v) is 6.20. The number of nitrogens with zero attached hydrogens (tertiary/aromatic N) is 2. The van der Waals surface area contributed by atoms with Gasteiger partial charge in [0.15, 0.2) is 0 Å². The molecule has 0 bridgehead atoms. The summed E-state index contributed by atoms with van der Waals surface area (Å²) in [6.45, 7) is 6.54. The average molecular weight is 495 g/mol. The summed E-state index contributed by atoms with van der Waals surface area (Å²) < 4.78 is 70.5. The third kappa shape index (κ3) is 5.10. The number of fused-ring (bicyclic) bond motifs is 1. The van der Waals surface area contributed by atoms with Crippen LogP contribution in [0.1, 0.15) is 27.2 Å². The first-order valence-electron chi connectivity index (χ1n) is 10.6. The predicted octanol–water partition coefficient (Wildman–Crippen LogP) is 4.03. The van der Waals surface area contributed by atoms with Crippen LogP contribution in [0.4, 0.5) is 15.8 Å². The first-order valence-corrected chi connectivity index (χ1v) is 13.5. The number of halogens is 1. The van der Waals surface area contributed by atoms with E-state index in [1.165, 1.54) is 40.8 Å². The lowest BCUT2D eigenvalue weighted by atomic mass is 10.2. The Bertz CT molecular complexity index is 1360. The van der Waals surface area contributed by atoms with Crippen molar-refractivity contribution >= 4 is 42.3 Å². The molecule has 3 aromatic rings. The van der Waals surface area contributed by atoms with Crippen LogP contribution in [-0.4, -0.2) is 45.8 Å². The maximum Gasteiger partial charge on any atom is 0.262 e. The molecule has 0 aliphatic carbocycles. The highest BCUT2D eigenvalue weighted by Gasteiger charge is 2.25. The van der Waals surface area contributed by atoms with E-state index in [1.807, 2.05) is 6.92 Å². The number of nitrogens with one attached hydrogen (secondary N) is 2. The van der Waals surface area contributed by atoms with Gasteiger partial charge in [0, 0.05) is 31.2 Å². The van der Waals surface area contributed by atoms with Crippen molar-refractivity contribution in [3.8, 4) is 0 Å². The van der Waals surface area contributed by atoms with Gasteiger partial charge in [0.05, 0.1) is 21.2 Å². The van der Waals surface area contributed by atoms with Crippen LogP contribution in [-0.2, 0) is 20.0 Å². The maximum atomic E-state index is 14.2. The number of sulfonamides is 2. The largest absolute Gasteiger partial charge is 0.383 e. The highest BCUT2D eigenvalue weighted by Crippen LogP contribution is 2.31. The van der Waals surface area contributed by atoms with Crippen molar-refractivity contribution in [3.05, 3.63) is 54.5 Å². The summed E-state index contributed by atoms with van der Waals surface area (Å²) in [5.74, 6) is -0.637. The Morgan fingerprint density at radius 1 is 0.970 bits per heavy atom. The lowest BCUT2D eigenvalue weighted by molar-refractivity contribution is 0.445. The molecule has 0 spiro atoms. The molecule has 1 aromatic heterocycles. The minimum atomic E-state index is -4.20. The molecule has 3 rings (SSSR count). The number of pyridine rings is 1. The van der Waals surface area contributed by atoms with E-state index in [4.69, 9.17) is 0 Å². The summed E-state index contributed by atoms with van der Waals surface area (Å²) in [4.78, 5) is 3.75.